The zero-order valence-corrected chi connectivity index (χ0v) is 16.1. The summed E-state index contributed by atoms with van der Waals surface area (Å²) >= 11 is 1.41. The lowest BCUT2D eigenvalue weighted by Crippen LogP contribution is -2.52. The number of halogens is 1. The van der Waals surface area contributed by atoms with E-state index >= 15 is 0 Å². The van der Waals surface area contributed by atoms with Gasteiger partial charge < -0.3 is 15.0 Å². The van der Waals surface area contributed by atoms with Gasteiger partial charge in [0.15, 0.2) is 16.5 Å². The van der Waals surface area contributed by atoms with E-state index in [0.29, 0.717) is 41.0 Å². The number of hydrogen-bond donors (Lipinski definition) is 1. The minimum absolute atomic E-state index is 0.00561. The number of hydrogen-bond acceptors (Lipinski definition) is 5. The fourth-order valence-electron chi connectivity index (χ4n) is 3.35. The number of carbonyl (C=O) groups excluding carboxylic acids is 1. The summed E-state index contributed by atoms with van der Waals surface area (Å²) in [5.74, 6) is -0.236. The summed E-state index contributed by atoms with van der Waals surface area (Å²) in [6.45, 7) is 4.32. The van der Waals surface area contributed by atoms with Crippen molar-refractivity contribution in [3.05, 3.63) is 41.3 Å². The largest absolute Gasteiger partial charge is 0.494 e. The van der Waals surface area contributed by atoms with E-state index < -0.39 is 5.82 Å². The molecular formula is C19H21FN4O2S. The van der Waals surface area contributed by atoms with Gasteiger partial charge in [-0.3, -0.25) is 9.20 Å². The highest BCUT2D eigenvalue weighted by molar-refractivity contribution is 7.15. The number of imidazole rings is 1. The van der Waals surface area contributed by atoms with Crippen molar-refractivity contribution in [3.8, 4) is 17.0 Å². The number of fused-ring (bicyclic) bond motifs is 1. The highest BCUT2D eigenvalue weighted by atomic mass is 32.1. The van der Waals surface area contributed by atoms with Crippen molar-refractivity contribution in [3.63, 3.8) is 0 Å². The van der Waals surface area contributed by atoms with Crippen LogP contribution in [0.3, 0.4) is 0 Å². The quantitative estimate of drug-likeness (QED) is 0.746. The lowest BCUT2D eigenvalue weighted by Gasteiger charge is -2.33. The minimum atomic E-state index is -0.436. The molecule has 0 aliphatic carbocycles. The van der Waals surface area contributed by atoms with Gasteiger partial charge in [-0.2, -0.15) is 0 Å². The van der Waals surface area contributed by atoms with Crippen LogP contribution in [0, 0.1) is 5.82 Å². The Bertz CT molecular complexity index is 983. The number of nitrogens with zero attached hydrogens (tertiary/aromatic N) is 3. The Morgan fingerprint density at radius 3 is 3.07 bits per heavy atom. The predicted octanol–water partition coefficient (Wildman–Crippen LogP) is 3.03. The molecule has 1 fully saturated rings. The number of rotatable bonds is 4. The van der Waals surface area contributed by atoms with Gasteiger partial charge in [0.2, 0.25) is 0 Å². The van der Waals surface area contributed by atoms with Crippen molar-refractivity contribution < 1.29 is 13.9 Å². The zero-order chi connectivity index (χ0) is 19.0. The number of thiazole rings is 1. The normalized spacial score (nSPS) is 17.4. The number of ether oxygens (including phenoxy) is 1. The van der Waals surface area contributed by atoms with Gasteiger partial charge in [0.25, 0.3) is 5.91 Å². The molecule has 1 amide bonds. The van der Waals surface area contributed by atoms with Gasteiger partial charge in [-0.25, -0.2) is 9.37 Å². The van der Waals surface area contributed by atoms with Crippen LogP contribution in [0.4, 0.5) is 4.39 Å². The Kier molecular flexibility index (Phi) is 4.84. The Balaban J connectivity index is 1.64. The number of carbonyl (C=O) groups is 1. The van der Waals surface area contributed by atoms with Crippen LogP contribution in [0.15, 0.2) is 29.8 Å². The third kappa shape index (κ3) is 3.30. The number of amides is 1. The number of aromatic nitrogens is 2. The van der Waals surface area contributed by atoms with Crippen molar-refractivity contribution in [2.24, 2.45) is 0 Å². The second-order valence-electron chi connectivity index (χ2n) is 6.56. The van der Waals surface area contributed by atoms with Gasteiger partial charge in [0, 0.05) is 42.8 Å². The summed E-state index contributed by atoms with van der Waals surface area (Å²) in [4.78, 5) is 20.2. The Labute approximate surface area is 160 Å². The molecule has 1 aliphatic rings. The van der Waals surface area contributed by atoms with Gasteiger partial charge in [0.1, 0.15) is 5.69 Å². The number of benzene rings is 1. The van der Waals surface area contributed by atoms with Crippen LogP contribution >= 0.6 is 11.3 Å². The summed E-state index contributed by atoms with van der Waals surface area (Å²) < 4.78 is 20.8. The monoisotopic (exact) mass is 388 g/mol. The summed E-state index contributed by atoms with van der Waals surface area (Å²) in [6, 6.07) is 5.07. The van der Waals surface area contributed by atoms with Crippen molar-refractivity contribution in [1.29, 1.82) is 0 Å². The molecule has 1 N–H and O–H groups in total. The van der Waals surface area contributed by atoms with Gasteiger partial charge in [0.05, 0.1) is 12.8 Å². The maximum atomic E-state index is 14.0. The number of piperazine rings is 1. The average Bonchev–Trinajstić information content (AvgIpc) is 3.28. The Hall–Kier alpha value is -2.45. The van der Waals surface area contributed by atoms with Crippen molar-refractivity contribution in [2.45, 2.75) is 19.4 Å². The summed E-state index contributed by atoms with van der Waals surface area (Å²) in [5, 5.41) is 5.26. The van der Waals surface area contributed by atoms with Crippen molar-refractivity contribution >= 4 is 22.2 Å². The Morgan fingerprint density at radius 2 is 2.33 bits per heavy atom. The third-order valence-corrected chi connectivity index (χ3v) is 5.75. The fourth-order valence-corrected chi connectivity index (χ4v) is 4.20. The highest BCUT2D eigenvalue weighted by Crippen LogP contribution is 2.28. The molecule has 1 atom stereocenters. The van der Waals surface area contributed by atoms with Crippen LogP contribution in [-0.4, -0.2) is 53.0 Å². The first-order valence-corrected chi connectivity index (χ1v) is 9.81. The fraction of sp³-hybridized carbons (Fsp3) is 0.368. The third-order valence-electron chi connectivity index (χ3n) is 4.91. The second kappa shape index (κ2) is 7.28. The molecule has 3 heterocycles. The number of methoxy groups -OCH3 is 1. The summed E-state index contributed by atoms with van der Waals surface area (Å²) in [6.07, 6.45) is 2.78. The topological polar surface area (TPSA) is 58.9 Å². The summed E-state index contributed by atoms with van der Waals surface area (Å²) in [7, 11) is 1.43. The second-order valence-corrected chi connectivity index (χ2v) is 7.40. The van der Waals surface area contributed by atoms with Gasteiger partial charge in [-0.05, 0) is 24.6 Å². The van der Waals surface area contributed by atoms with E-state index in [9.17, 15) is 9.18 Å². The van der Waals surface area contributed by atoms with Gasteiger partial charge in [-0.1, -0.05) is 6.92 Å². The van der Waals surface area contributed by atoms with E-state index in [4.69, 9.17) is 4.74 Å². The lowest BCUT2D eigenvalue weighted by molar-refractivity contribution is 0.0695. The minimum Gasteiger partial charge on any atom is -0.494 e. The van der Waals surface area contributed by atoms with Crippen molar-refractivity contribution in [1.82, 2.24) is 19.6 Å². The molecule has 8 heteroatoms. The van der Waals surface area contributed by atoms with Crippen LogP contribution < -0.4 is 10.1 Å². The predicted molar refractivity (Wildman–Crippen MR) is 103 cm³/mol. The van der Waals surface area contributed by atoms with E-state index in [1.807, 2.05) is 10.3 Å². The first-order chi connectivity index (χ1) is 13.1. The molecule has 1 aliphatic heterocycles. The molecule has 2 aromatic heterocycles. The molecule has 0 radical (unpaired) electrons. The van der Waals surface area contributed by atoms with E-state index in [1.165, 1.54) is 24.5 Å². The molecule has 27 heavy (non-hydrogen) atoms. The first-order valence-electron chi connectivity index (χ1n) is 8.94. The molecule has 0 spiro atoms. The smallest absolute Gasteiger partial charge is 0.271 e. The molecule has 142 valence electrons. The van der Waals surface area contributed by atoms with Crippen LogP contribution in [0.5, 0.6) is 5.75 Å². The van der Waals surface area contributed by atoms with E-state index in [1.54, 1.807) is 22.7 Å². The molecule has 1 unspecified atom stereocenters. The molecular weight excluding hydrogens is 367 g/mol. The molecule has 3 aromatic rings. The van der Waals surface area contributed by atoms with E-state index in [2.05, 4.69) is 17.2 Å². The van der Waals surface area contributed by atoms with Crippen LogP contribution in [0.1, 0.15) is 23.8 Å². The molecule has 6 nitrogen and oxygen atoms in total. The summed E-state index contributed by atoms with van der Waals surface area (Å²) in [5.41, 5.74) is 1.87. The standard InChI is InChI=1S/C19H21FN4O2S/c1-3-13-9-23(7-6-21-13)18(25)16-11-27-19-22-15(10-24(16)19)12-4-5-17(26-2)14(20)8-12/h4-5,8,10-11,13,21H,3,6-7,9H2,1-2H3. The first kappa shape index (κ1) is 17.9. The average molecular weight is 388 g/mol. The Morgan fingerprint density at radius 1 is 1.48 bits per heavy atom. The van der Waals surface area contributed by atoms with Gasteiger partial charge in [-0.15, -0.1) is 11.3 Å². The van der Waals surface area contributed by atoms with Crippen LogP contribution in [0.2, 0.25) is 0 Å². The molecule has 0 bridgehead atoms. The highest BCUT2D eigenvalue weighted by Gasteiger charge is 2.25. The van der Waals surface area contributed by atoms with E-state index in [-0.39, 0.29) is 11.7 Å². The molecule has 1 aromatic carbocycles. The molecule has 1 saturated heterocycles. The van der Waals surface area contributed by atoms with Gasteiger partial charge >= 0.3 is 0 Å². The maximum Gasteiger partial charge on any atom is 0.271 e. The van der Waals surface area contributed by atoms with Crippen LogP contribution in [-0.2, 0) is 0 Å². The van der Waals surface area contributed by atoms with Crippen molar-refractivity contribution in [2.75, 3.05) is 26.7 Å². The lowest BCUT2D eigenvalue weighted by atomic mass is 10.1. The van der Waals surface area contributed by atoms with Crippen LogP contribution in [0.25, 0.3) is 16.2 Å². The zero-order valence-electron chi connectivity index (χ0n) is 15.2. The van der Waals surface area contributed by atoms with E-state index in [0.717, 1.165) is 13.0 Å². The maximum absolute atomic E-state index is 14.0. The molecule has 0 saturated carbocycles. The molecule has 4 rings (SSSR count). The number of nitrogens with one attached hydrogen (secondary N) is 1. The SMILES string of the molecule is CCC1CN(C(=O)c2csc3nc(-c4ccc(OC)c(F)c4)cn23)CCN1.